The lowest BCUT2D eigenvalue weighted by atomic mass is 9.84. The second-order valence-corrected chi connectivity index (χ2v) is 6.37. The van der Waals surface area contributed by atoms with Crippen LogP contribution in [-0.2, 0) is 19.1 Å². The van der Waals surface area contributed by atoms with Crippen LogP contribution in [0.5, 0.6) is 0 Å². The molecule has 146 valence electrons. The molecule has 1 aliphatic rings. The molecule has 5 nitrogen and oxygen atoms in total. The van der Waals surface area contributed by atoms with Crippen molar-refractivity contribution >= 4 is 17.6 Å². The minimum absolute atomic E-state index is 0.271. The molecule has 3 rings (SSSR count). The van der Waals surface area contributed by atoms with E-state index in [0.29, 0.717) is 11.4 Å². The van der Waals surface area contributed by atoms with Crippen LogP contribution in [0.1, 0.15) is 18.1 Å². The van der Waals surface area contributed by atoms with Gasteiger partial charge >= 0.3 is 11.9 Å². The van der Waals surface area contributed by atoms with E-state index in [9.17, 15) is 9.59 Å². The molecule has 1 N–H and O–H groups in total. The van der Waals surface area contributed by atoms with E-state index in [-0.39, 0.29) is 11.1 Å². The first-order valence-corrected chi connectivity index (χ1v) is 9.07. The van der Waals surface area contributed by atoms with Crippen LogP contribution in [-0.4, -0.2) is 26.2 Å². The average Bonchev–Trinajstić information content (AvgIpc) is 2.77. The number of dihydropyridines is 1. The predicted octanol–water partition coefficient (Wildman–Crippen LogP) is 3.29. The van der Waals surface area contributed by atoms with Crippen molar-refractivity contribution in [3.63, 3.8) is 0 Å². The number of methoxy groups -OCH3 is 2. The summed E-state index contributed by atoms with van der Waals surface area (Å²) in [6, 6.07) is 18.8. The maximum atomic E-state index is 12.8. The van der Waals surface area contributed by atoms with E-state index >= 15 is 0 Å². The van der Waals surface area contributed by atoms with Crippen LogP contribution in [0.15, 0.2) is 77.5 Å². The second kappa shape index (κ2) is 8.94. The van der Waals surface area contributed by atoms with E-state index in [1.54, 1.807) is 6.92 Å². The maximum absolute atomic E-state index is 12.8. The van der Waals surface area contributed by atoms with Crippen LogP contribution in [0, 0.1) is 17.8 Å². The van der Waals surface area contributed by atoms with Gasteiger partial charge in [0.1, 0.15) is 0 Å². The molecule has 0 saturated carbocycles. The van der Waals surface area contributed by atoms with Gasteiger partial charge in [-0.15, -0.1) is 0 Å². The summed E-state index contributed by atoms with van der Waals surface area (Å²) in [6.07, 6.45) is 0. The first-order chi connectivity index (χ1) is 14.1. The molecule has 2 aromatic rings. The normalized spacial score (nSPS) is 15.8. The van der Waals surface area contributed by atoms with E-state index in [2.05, 4.69) is 17.2 Å². The van der Waals surface area contributed by atoms with Crippen LogP contribution in [0.25, 0.3) is 5.70 Å². The fourth-order valence-corrected chi connectivity index (χ4v) is 3.19. The Labute approximate surface area is 170 Å². The third-order valence-electron chi connectivity index (χ3n) is 4.57. The summed E-state index contributed by atoms with van der Waals surface area (Å²) in [5, 5.41) is 3.18. The van der Waals surface area contributed by atoms with Crippen molar-refractivity contribution in [2.45, 2.75) is 6.92 Å². The predicted molar refractivity (Wildman–Crippen MR) is 110 cm³/mol. The van der Waals surface area contributed by atoms with Crippen molar-refractivity contribution in [2.24, 2.45) is 5.92 Å². The van der Waals surface area contributed by atoms with E-state index in [1.165, 1.54) is 14.2 Å². The molecule has 1 heterocycles. The van der Waals surface area contributed by atoms with Gasteiger partial charge in [0.2, 0.25) is 0 Å². The summed E-state index contributed by atoms with van der Waals surface area (Å²) in [4.78, 5) is 25.3. The molecule has 5 heteroatoms. The van der Waals surface area contributed by atoms with Crippen LogP contribution in [0.3, 0.4) is 0 Å². The van der Waals surface area contributed by atoms with E-state index < -0.39 is 17.9 Å². The van der Waals surface area contributed by atoms with Crippen molar-refractivity contribution in [1.82, 2.24) is 5.32 Å². The lowest BCUT2D eigenvalue weighted by Crippen LogP contribution is -2.32. The SMILES string of the molecule is COC(=O)C1=C(C)NC(c2ccccc2)=C(C(=O)OC)C1C#Cc1ccccc1. The highest BCUT2D eigenvalue weighted by Gasteiger charge is 2.37. The van der Waals surface area contributed by atoms with E-state index in [1.807, 2.05) is 60.7 Å². The summed E-state index contributed by atoms with van der Waals surface area (Å²) in [7, 11) is 2.61. The Morgan fingerprint density at radius 3 is 2.00 bits per heavy atom. The van der Waals surface area contributed by atoms with Crippen molar-refractivity contribution in [3.05, 3.63) is 88.6 Å². The molecule has 0 amide bonds. The van der Waals surface area contributed by atoms with Gasteiger partial charge in [0, 0.05) is 11.3 Å². The third-order valence-corrected chi connectivity index (χ3v) is 4.57. The Balaban J connectivity index is 2.23. The average molecular weight is 387 g/mol. The Hall–Kier alpha value is -3.78. The topological polar surface area (TPSA) is 64.6 Å². The number of hydrogen-bond donors (Lipinski definition) is 1. The number of ether oxygens (including phenoxy) is 2. The van der Waals surface area contributed by atoms with Crippen LogP contribution in [0.4, 0.5) is 0 Å². The maximum Gasteiger partial charge on any atom is 0.337 e. The Bertz CT molecular complexity index is 1040. The van der Waals surface area contributed by atoms with Crippen molar-refractivity contribution < 1.29 is 19.1 Å². The number of allylic oxidation sites excluding steroid dienone is 1. The number of carbonyl (C=O) groups is 2. The highest BCUT2D eigenvalue weighted by atomic mass is 16.5. The summed E-state index contributed by atoms with van der Waals surface area (Å²) in [6.45, 7) is 1.76. The molecule has 0 radical (unpaired) electrons. The zero-order valence-corrected chi connectivity index (χ0v) is 16.5. The third kappa shape index (κ3) is 4.22. The highest BCUT2D eigenvalue weighted by molar-refractivity contribution is 6.04. The number of hydrogen-bond acceptors (Lipinski definition) is 5. The standard InChI is InChI=1S/C24H21NO4/c1-16-20(23(26)28-2)19(15-14-17-10-6-4-7-11-17)21(24(27)29-3)22(25-16)18-12-8-5-9-13-18/h4-13,19,25H,1-3H3. The van der Waals surface area contributed by atoms with Gasteiger partial charge in [-0.1, -0.05) is 60.4 Å². The number of esters is 2. The molecule has 1 atom stereocenters. The molecule has 1 aliphatic heterocycles. The fraction of sp³-hybridized carbons (Fsp3) is 0.167. The van der Waals surface area contributed by atoms with Gasteiger partial charge < -0.3 is 14.8 Å². The number of carbonyl (C=O) groups excluding carboxylic acids is 2. The number of rotatable bonds is 3. The van der Waals surface area contributed by atoms with Crippen molar-refractivity contribution in [2.75, 3.05) is 14.2 Å². The summed E-state index contributed by atoms with van der Waals surface area (Å²) < 4.78 is 10.0. The molecule has 0 bridgehead atoms. The van der Waals surface area contributed by atoms with Gasteiger partial charge in [-0.2, -0.15) is 0 Å². The zero-order valence-electron chi connectivity index (χ0n) is 16.5. The Kier molecular flexibility index (Phi) is 6.16. The molecule has 0 aromatic heterocycles. The van der Waals surface area contributed by atoms with Gasteiger partial charge in [-0.3, -0.25) is 0 Å². The monoisotopic (exact) mass is 387 g/mol. The van der Waals surface area contributed by atoms with Crippen LogP contribution < -0.4 is 5.32 Å². The van der Waals surface area contributed by atoms with Crippen LogP contribution >= 0.6 is 0 Å². The summed E-state index contributed by atoms with van der Waals surface area (Å²) in [5.41, 5.74) is 3.27. The van der Waals surface area contributed by atoms with E-state index in [0.717, 1.165) is 11.1 Å². The molecule has 29 heavy (non-hydrogen) atoms. The zero-order chi connectivity index (χ0) is 20.8. The number of nitrogens with one attached hydrogen (secondary N) is 1. The quantitative estimate of drug-likeness (QED) is 0.647. The fourth-order valence-electron chi connectivity index (χ4n) is 3.19. The lowest BCUT2D eigenvalue weighted by molar-refractivity contribution is -0.137. The van der Waals surface area contributed by atoms with Crippen LogP contribution in [0.2, 0.25) is 0 Å². The summed E-state index contributed by atoms with van der Waals surface area (Å²) >= 11 is 0. The first kappa shape index (κ1) is 20.0. The Morgan fingerprint density at radius 1 is 0.862 bits per heavy atom. The molecule has 0 spiro atoms. The van der Waals surface area contributed by atoms with Gasteiger partial charge in [-0.05, 0) is 24.6 Å². The largest absolute Gasteiger partial charge is 0.466 e. The molecule has 0 fully saturated rings. The van der Waals surface area contributed by atoms with Gasteiger partial charge in [-0.25, -0.2) is 9.59 Å². The minimum atomic E-state index is -0.799. The smallest absolute Gasteiger partial charge is 0.337 e. The molecule has 0 saturated heterocycles. The molecular formula is C24H21NO4. The van der Waals surface area contributed by atoms with Crippen molar-refractivity contribution in [1.29, 1.82) is 0 Å². The van der Waals surface area contributed by atoms with Crippen molar-refractivity contribution in [3.8, 4) is 11.8 Å². The minimum Gasteiger partial charge on any atom is -0.466 e. The molecule has 2 aromatic carbocycles. The first-order valence-electron chi connectivity index (χ1n) is 9.07. The summed E-state index contributed by atoms with van der Waals surface area (Å²) in [5.74, 6) is 4.25. The molecular weight excluding hydrogens is 366 g/mol. The molecule has 0 aliphatic carbocycles. The molecule has 1 unspecified atom stereocenters. The second-order valence-electron chi connectivity index (χ2n) is 6.37. The number of benzene rings is 2. The van der Waals surface area contributed by atoms with Gasteiger partial charge in [0.15, 0.2) is 0 Å². The van der Waals surface area contributed by atoms with Gasteiger partial charge in [0.25, 0.3) is 0 Å². The Morgan fingerprint density at radius 2 is 1.41 bits per heavy atom. The lowest BCUT2D eigenvalue weighted by Gasteiger charge is -2.28. The van der Waals surface area contributed by atoms with Gasteiger partial charge in [0.05, 0.1) is 37.0 Å². The highest BCUT2D eigenvalue weighted by Crippen LogP contribution is 2.35. The van der Waals surface area contributed by atoms with E-state index in [4.69, 9.17) is 9.47 Å².